The van der Waals surface area contributed by atoms with Gasteiger partial charge in [-0.3, -0.25) is 4.79 Å². The Morgan fingerprint density at radius 2 is 1.68 bits per heavy atom. The van der Waals surface area contributed by atoms with Gasteiger partial charge in [0, 0.05) is 74.7 Å². The van der Waals surface area contributed by atoms with E-state index in [0.29, 0.717) is 5.56 Å². The van der Waals surface area contributed by atoms with Gasteiger partial charge in [-0.1, -0.05) is 18.2 Å². The van der Waals surface area contributed by atoms with Crippen molar-refractivity contribution in [3.05, 3.63) is 66.5 Å². The number of piperazine rings is 1. The van der Waals surface area contributed by atoms with Crippen molar-refractivity contribution in [1.29, 1.82) is 0 Å². The van der Waals surface area contributed by atoms with Crippen LogP contribution in [-0.4, -0.2) is 79.1 Å². The van der Waals surface area contributed by atoms with Crippen molar-refractivity contribution in [3.63, 3.8) is 0 Å². The summed E-state index contributed by atoms with van der Waals surface area (Å²) in [5.74, 6) is 0.904. The van der Waals surface area contributed by atoms with Crippen LogP contribution in [-0.2, 0) is 0 Å². The Kier molecular flexibility index (Phi) is 6.89. The first-order chi connectivity index (χ1) is 17.8. The molecule has 0 spiro atoms. The number of nitrogens with zero attached hydrogens (tertiary/aromatic N) is 4. The van der Waals surface area contributed by atoms with Crippen LogP contribution in [0.4, 0.5) is 5.69 Å². The quantitative estimate of drug-likeness (QED) is 0.400. The van der Waals surface area contributed by atoms with Gasteiger partial charge >= 0.3 is 0 Å². The highest BCUT2D eigenvalue weighted by Gasteiger charge is 2.19. The number of carbonyl (C=O) groups is 1. The van der Waals surface area contributed by atoms with E-state index in [9.17, 15) is 4.79 Å². The van der Waals surface area contributed by atoms with Crippen molar-refractivity contribution in [3.8, 4) is 28.0 Å². The second-order valence-corrected chi connectivity index (χ2v) is 10.2. The number of rotatable bonds is 6. The van der Waals surface area contributed by atoms with Gasteiger partial charge in [-0.05, 0) is 62.4 Å². The van der Waals surface area contributed by atoms with E-state index in [1.807, 2.05) is 36.7 Å². The summed E-state index contributed by atoms with van der Waals surface area (Å²) in [4.78, 5) is 26.6. The molecule has 3 heterocycles. The summed E-state index contributed by atoms with van der Waals surface area (Å²) in [6.07, 6.45) is 3.97. The highest BCUT2D eigenvalue weighted by Crippen LogP contribution is 2.36. The number of H-pyrrole nitrogens is 1. The molecule has 37 heavy (non-hydrogen) atoms. The Labute approximate surface area is 218 Å². The van der Waals surface area contributed by atoms with E-state index in [0.717, 1.165) is 70.9 Å². The van der Waals surface area contributed by atoms with Crippen molar-refractivity contribution in [2.24, 2.45) is 0 Å². The summed E-state index contributed by atoms with van der Waals surface area (Å²) in [6.45, 7) is 8.20. The van der Waals surface area contributed by atoms with Crippen molar-refractivity contribution >= 4 is 22.6 Å². The maximum atomic E-state index is 12.3. The molecule has 2 aromatic carbocycles. The number of hydrogen-bond donors (Lipinski definition) is 1. The van der Waals surface area contributed by atoms with Gasteiger partial charge in [0.15, 0.2) is 0 Å². The molecule has 7 heteroatoms. The number of benzene rings is 2. The molecule has 1 N–H and O–H groups in total. The highest BCUT2D eigenvalue weighted by atomic mass is 16.5. The van der Waals surface area contributed by atoms with Gasteiger partial charge in [-0.25, -0.2) is 4.98 Å². The fourth-order valence-electron chi connectivity index (χ4n) is 4.80. The Bertz CT molecular complexity index is 1400. The summed E-state index contributed by atoms with van der Waals surface area (Å²) >= 11 is 0. The van der Waals surface area contributed by atoms with Gasteiger partial charge in [0.05, 0.1) is 11.8 Å². The molecule has 0 atom stereocenters. The van der Waals surface area contributed by atoms with E-state index in [-0.39, 0.29) is 12.0 Å². The average molecular weight is 498 g/mol. The van der Waals surface area contributed by atoms with Gasteiger partial charge in [-0.15, -0.1) is 0 Å². The van der Waals surface area contributed by atoms with Gasteiger partial charge in [0.2, 0.25) is 0 Å². The van der Waals surface area contributed by atoms with Gasteiger partial charge in [0.1, 0.15) is 11.4 Å². The molecule has 5 rings (SSSR count). The number of fused-ring (bicyclic) bond motifs is 1. The van der Waals surface area contributed by atoms with Gasteiger partial charge in [0.25, 0.3) is 5.91 Å². The van der Waals surface area contributed by atoms with E-state index < -0.39 is 0 Å². The number of nitrogens with one attached hydrogen (secondary N) is 1. The molecule has 1 saturated heterocycles. The Balaban J connectivity index is 1.49. The zero-order valence-electron chi connectivity index (χ0n) is 22.3. The first kappa shape index (κ1) is 24.8. The third-order valence-corrected chi connectivity index (χ3v) is 6.88. The minimum Gasteiger partial charge on any atom is -0.489 e. The number of carbonyl (C=O) groups excluding carboxylic acids is 1. The van der Waals surface area contributed by atoms with Crippen LogP contribution in [0.25, 0.3) is 33.3 Å². The van der Waals surface area contributed by atoms with E-state index in [2.05, 4.69) is 59.9 Å². The van der Waals surface area contributed by atoms with Gasteiger partial charge in [-0.2, -0.15) is 0 Å². The Morgan fingerprint density at radius 3 is 2.35 bits per heavy atom. The lowest BCUT2D eigenvalue weighted by Crippen LogP contribution is -2.44. The number of likely N-dealkylation sites (N-methyl/N-ethyl adjacent to an activating group) is 1. The molecule has 192 valence electrons. The summed E-state index contributed by atoms with van der Waals surface area (Å²) < 4.78 is 6.29. The lowest BCUT2D eigenvalue weighted by molar-refractivity contribution is 0.0827. The number of pyridine rings is 1. The molecule has 0 unspecified atom stereocenters. The third-order valence-electron chi connectivity index (χ3n) is 6.88. The zero-order valence-corrected chi connectivity index (χ0v) is 22.3. The molecule has 1 aliphatic heterocycles. The van der Waals surface area contributed by atoms with Crippen molar-refractivity contribution in [2.45, 2.75) is 20.0 Å². The standard InChI is InChI=1S/C30H35N5O2/c1-20(2)37-28-17-23(10-11-27(28)35-14-12-34(5)13-15-35)24-16-25-26(19-32-29(25)31-18-24)21-6-8-22(9-7-21)30(36)33(3)4/h6-11,16-20H,12-15H2,1-5H3,(H,31,32). The largest absolute Gasteiger partial charge is 0.489 e. The molecular formula is C30H35N5O2. The predicted octanol–water partition coefficient (Wildman–Crippen LogP) is 5.14. The fraction of sp³-hybridized carbons (Fsp3) is 0.333. The summed E-state index contributed by atoms with van der Waals surface area (Å²) in [7, 11) is 5.69. The van der Waals surface area contributed by atoms with Crippen LogP contribution in [0.5, 0.6) is 5.75 Å². The second kappa shape index (κ2) is 10.3. The molecule has 0 radical (unpaired) electrons. The lowest BCUT2D eigenvalue weighted by atomic mass is 10.0. The maximum absolute atomic E-state index is 12.3. The molecule has 4 aromatic rings. The van der Waals surface area contributed by atoms with Crippen LogP contribution in [0.15, 0.2) is 60.9 Å². The van der Waals surface area contributed by atoms with Crippen molar-refractivity contribution < 1.29 is 9.53 Å². The fourth-order valence-corrected chi connectivity index (χ4v) is 4.80. The second-order valence-electron chi connectivity index (χ2n) is 10.2. The van der Waals surface area contributed by atoms with Crippen LogP contribution in [0.2, 0.25) is 0 Å². The van der Waals surface area contributed by atoms with Crippen LogP contribution < -0.4 is 9.64 Å². The zero-order chi connectivity index (χ0) is 26.1. The lowest BCUT2D eigenvalue weighted by Gasteiger charge is -2.35. The number of aromatic nitrogens is 2. The van der Waals surface area contributed by atoms with Crippen molar-refractivity contribution in [2.75, 3.05) is 52.2 Å². The van der Waals surface area contributed by atoms with E-state index >= 15 is 0 Å². The normalized spacial score (nSPS) is 14.4. The predicted molar refractivity (Wildman–Crippen MR) is 150 cm³/mol. The Hall–Kier alpha value is -3.84. The van der Waals surface area contributed by atoms with Crippen LogP contribution in [0.3, 0.4) is 0 Å². The van der Waals surface area contributed by atoms with E-state index in [1.54, 1.807) is 19.0 Å². The molecular weight excluding hydrogens is 462 g/mol. The third kappa shape index (κ3) is 5.18. The van der Waals surface area contributed by atoms with Gasteiger partial charge < -0.3 is 24.4 Å². The summed E-state index contributed by atoms with van der Waals surface area (Å²) in [5.41, 5.74) is 6.85. The van der Waals surface area contributed by atoms with Crippen LogP contribution >= 0.6 is 0 Å². The Morgan fingerprint density at radius 1 is 0.973 bits per heavy atom. The van der Waals surface area contributed by atoms with Crippen molar-refractivity contribution in [1.82, 2.24) is 19.8 Å². The molecule has 1 fully saturated rings. The topological polar surface area (TPSA) is 64.7 Å². The minimum atomic E-state index is -0.00568. The number of amides is 1. The van der Waals surface area contributed by atoms with Crippen LogP contribution in [0.1, 0.15) is 24.2 Å². The molecule has 0 aliphatic carbocycles. The number of hydrogen-bond acceptors (Lipinski definition) is 5. The smallest absolute Gasteiger partial charge is 0.253 e. The number of aromatic amines is 1. The number of anilines is 1. The average Bonchev–Trinajstić information content (AvgIpc) is 3.32. The molecule has 0 saturated carbocycles. The monoisotopic (exact) mass is 497 g/mol. The summed E-state index contributed by atoms with van der Waals surface area (Å²) in [5, 5.41) is 1.04. The van der Waals surface area contributed by atoms with E-state index in [4.69, 9.17) is 9.72 Å². The SMILES string of the molecule is CC(C)Oc1cc(-c2cnc3[nH]cc(-c4ccc(C(=O)N(C)C)cc4)c3c2)ccc1N1CCN(C)CC1. The molecule has 2 aromatic heterocycles. The highest BCUT2D eigenvalue weighted by molar-refractivity contribution is 5.98. The molecule has 1 aliphatic rings. The summed E-state index contributed by atoms with van der Waals surface area (Å²) in [6, 6.07) is 16.4. The van der Waals surface area contributed by atoms with Crippen LogP contribution in [0, 0.1) is 0 Å². The minimum absolute atomic E-state index is 0.00568. The molecule has 0 bridgehead atoms. The molecule has 1 amide bonds. The molecule has 7 nitrogen and oxygen atoms in total. The first-order valence-corrected chi connectivity index (χ1v) is 12.8. The van der Waals surface area contributed by atoms with E-state index in [1.165, 1.54) is 0 Å². The number of ether oxygens (including phenoxy) is 1. The maximum Gasteiger partial charge on any atom is 0.253 e. The first-order valence-electron chi connectivity index (χ1n) is 12.8.